The molecule has 2 amide bonds. The van der Waals surface area contributed by atoms with E-state index in [0.29, 0.717) is 29.3 Å². The van der Waals surface area contributed by atoms with Crippen molar-refractivity contribution in [1.29, 1.82) is 0 Å². The molecule has 0 aliphatic heterocycles. The van der Waals surface area contributed by atoms with Crippen molar-refractivity contribution in [2.24, 2.45) is 0 Å². The normalized spacial score (nSPS) is 14.0. The number of methoxy groups -OCH3 is 3. The van der Waals surface area contributed by atoms with Crippen molar-refractivity contribution in [2.45, 2.75) is 18.3 Å². The molecule has 0 bridgehead atoms. The Hall–Kier alpha value is -3.22. The summed E-state index contributed by atoms with van der Waals surface area (Å²) in [6, 6.07) is 12.2. The van der Waals surface area contributed by atoms with Crippen LogP contribution in [0.2, 0.25) is 0 Å². The lowest BCUT2D eigenvalue weighted by atomic mass is 9.95. The number of esters is 1. The Labute approximate surface area is 164 Å². The number of amides is 2. The number of anilines is 1. The van der Waals surface area contributed by atoms with Crippen molar-refractivity contribution >= 4 is 17.7 Å². The zero-order valence-electron chi connectivity index (χ0n) is 16.2. The monoisotopic (exact) mass is 384 g/mol. The number of carbonyl (C=O) groups excluding carboxylic acids is 2. The molecule has 0 atom stereocenters. The molecule has 0 spiro atoms. The Bertz CT molecular complexity index is 877. The van der Waals surface area contributed by atoms with Crippen LogP contribution in [-0.4, -0.2) is 39.9 Å². The number of para-hydroxylation sites is 1. The largest absolute Gasteiger partial charge is 0.493 e. The van der Waals surface area contributed by atoms with Gasteiger partial charge in [0.2, 0.25) is 0 Å². The minimum absolute atomic E-state index is 0.112. The average Bonchev–Trinajstić information content (AvgIpc) is 3.52. The van der Waals surface area contributed by atoms with E-state index in [2.05, 4.69) is 10.6 Å². The smallest absolute Gasteiger partial charge is 0.339 e. The number of carbonyl (C=O) groups is 2. The summed E-state index contributed by atoms with van der Waals surface area (Å²) in [5, 5.41) is 5.63. The van der Waals surface area contributed by atoms with Crippen LogP contribution in [0, 0.1) is 0 Å². The summed E-state index contributed by atoms with van der Waals surface area (Å²) < 4.78 is 15.4. The lowest BCUT2D eigenvalue weighted by Crippen LogP contribution is -2.35. The van der Waals surface area contributed by atoms with Crippen molar-refractivity contribution in [2.75, 3.05) is 33.2 Å². The highest BCUT2D eigenvalue weighted by Gasteiger charge is 2.44. The number of hydrogen-bond acceptors (Lipinski definition) is 5. The molecular formula is C21H24N2O5. The first-order valence-electron chi connectivity index (χ1n) is 8.97. The summed E-state index contributed by atoms with van der Waals surface area (Å²) >= 11 is 0. The van der Waals surface area contributed by atoms with E-state index in [9.17, 15) is 9.59 Å². The molecule has 1 saturated carbocycles. The Kier molecular flexibility index (Phi) is 5.73. The SMILES string of the molecule is COC(=O)c1ccccc1NC(=O)NCC1(c2ccc(OC)c(OC)c2)CC1. The minimum Gasteiger partial charge on any atom is -0.493 e. The van der Waals surface area contributed by atoms with Gasteiger partial charge in [-0.3, -0.25) is 0 Å². The molecule has 1 aliphatic carbocycles. The Balaban J connectivity index is 1.66. The quantitative estimate of drug-likeness (QED) is 0.715. The summed E-state index contributed by atoms with van der Waals surface area (Å²) in [6.45, 7) is 0.481. The summed E-state index contributed by atoms with van der Waals surface area (Å²) in [6.07, 6.45) is 1.95. The molecule has 0 unspecified atom stereocenters. The van der Waals surface area contributed by atoms with Crippen molar-refractivity contribution in [3.8, 4) is 11.5 Å². The first-order chi connectivity index (χ1) is 13.5. The van der Waals surface area contributed by atoms with E-state index in [-0.39, 0.29) is 11.4 Å². The van der Waals surface area contributed by atoms with Crippen molar-refractivity contribution in [1.82, 2.24) is 5.32 Å². The van der Waals surface area contributed by atoms with Crippen molar-refractivity contribution in [3.63, 3.8) is 0 Å². The predicted octanol–water partition coefficient (Wildman–Crippen LogP) is 3.34. The van der Waals surface area contributed by atoms with Crippen LogP contribution in [0.5, 0.6) is 11.5 Å². The second-order valence-electron chi connectivity index (χ2n) is 6.69. The highest BCUT2D eigenvalue weighted by molar-refractivity contribution is 6.00. The molecule has 2 aromatic rings. The maximum Gasteiger partial charge on any atom is 0.339 e. The third kappa shape index (κ3) is 4.03. The first-order valence-corrected chi connectivity index (χ1v) is 8.97. The van der Waals surface area contributed by atoms with Gasteiger partial charge in [-0.15, -0.1) is 0 Å². The van der Waals surface area contributed by atoms with Crippen LogP contribution >= 0.6 is 0 Å². The zero-order valence-corrected chi connectivity index (χ0v) is 16.2. The molecule has 2 N–H and O–H groups in total. The number of ether oxygens (including phenoxy) is 3. The number of nitrogens with one attached hydrogen (secondary N) is 2. The molecule has 148 valence electrons. The van der Waals surface area contributed by atoms with Crippen molar-refractivity contribution in [3.05, 3.63) is 53.6 Å². The van der Waals surface area contributed by atoms with Crippen LogP contribution < -0.4 is 20.1 Å². The van der Waals surface area contributed by atoms with Gasteiger partial charge in [0.25, 0.3) is 0 Å². The van der Waals surface area contributed by atoms with Gasteiger partial charge >= 0.3 is 12.0 Å². The van der Waals surface area contributed by atoms with Crippen LogP contribution in [0.3, 0.4) is 0 Å². The van der Waals surface area contributed by atoms with Crippen LogP contribution in [0.25, 0.3) is 0 Å². The standard InChI is InChI=1S/C21H24N2O5/c1-26-17-9-8-14(12-18(17)27-2)21(10-11-21)13-22-20(25)23-16-7-5-4-6-15(16)19(24)28-3/h4-9,12H,10-11,13H2,1-3H3,(H2,22,23,25). The first kappa shape index (κ1) is 19.5. The van der Waals surface area contributed by atoms with Gasteiger partial charge in [0.1, 0.15) is 0 Å². The fourth-order valence-corrected chi connectivity index (χ4v) is 3.18. The zero-order chi connectivity index (χ0) is 20.1. The van der Waals surface area contributed by atoms with E-state index in [1.807, 2.05) is 18.2 Å². The Morgan fingerprint density at radius 1 is 1.00 bits per heavy atom. The van der Waals surface area contributed by atoms with Crippen LogP contribution in [0.15, 0.2) is 42.5 Å². The van der Waals surface area contributed by atoms with Crippen LogP contribution in [0.1, 0.15) is 28.8 Å². The topological polar surface area (TPSA) is 85.9 Å². The van der Waals surface area contributed by atoms with E-state index in [0.717, 1.165) is 18.4 Å². The lowest BCUT2D eigenvalue weighted by Gasteiger charge is -2.19. The maximum absolute atomic E-state index is 12.4. The van der Waals surface area contributed by atoms with E-state index >= 15 is 0 Å². The molecule has 0 aromatic heterocycles. The fourth-order valence-electron chi connectivity index (χ4n) is 3.18. The number of rotatable bonds is 7. The average molecular weight is 384 g/mol. The molecule has 3 rings (SSSR count). The molecule has 28 heavy (non-hydrogen) atoms. The summed E-state index contributed by atoms with van der Waals surface area (Å²) in [5.74, 6) is 0.842. The van der Waals surface area contributed by atoms with Gasteiger partial charge in [-0.1, -0.05) is 18.2 Å². The van der Waals surface area contributed by atoms with Gasteiger partial charge < -0.3 is 24.8 Å². The lowest BCUT2D eigenvalue weighted by molar-refractivity contribution is 0.0602. The summed E-state index contributed by atoms with van der Waals surface area (Å²) in [7, 11) is 4.51. The number of urea groups is 1. The molecule has 1 fully saturated rings. The molecule has 2 aromatic carbocycles. The molecule has 1 aliphatic rings. The summed E-state index contributed by atoms with van der Waals surface area (Å²) in [4.78, 5) is 24.2. The third-order valence-electron chi connectivity index (χ3n) is 5.02. The molecule has 7 nitrogen and oxygen atoms in total. The molecule has 0 radical (unpaired) electrons. The van der Waals surface area contributed by atoms with Gasteiger partial charge in [0, 0.05) is 12.0 Å². The van der Waals surface area contributed by atoms with Gasteiger partial charge in [-0.2, -0.15) is 0 Å². The molecule has 7 heteroatoms. The molecule has 0 heterocycles. The van der Waals surface area contributed by atoms with Gasteiger partial charge in [-0.25, -0.2) is 9.59 Å². The second-order valence-corrected chi connectivity index (χ2v) is 6.69. The van der Waals surface area contributed by atoms with E-state index in [1.165, 1.54) is 7.11 Å². The number of hydrogen-bond donors (Lipinski definition) is 2. The van der Waals surface area contributed by atoms with E-state index in [4.69, 9.17) is 14.2 Å². The maximum atomic E-state index is 12.4. The third-order valence-corrected chi connectivity index (χ3v) is 5.02. The molecular weight excluding hydrogens is 360 g/mol. The van der Waals surface area contributed by atoms with Gasteiger partial charge in [0.15, 0.2) is 11.5 Å². The number of benzene rings is 2. The highest BCUT2D eigenvalue weighted by Crippen LogP contribution is 2.49. The van der Waals surface area contributed by atoms with E-state index < -0.39 is 5.97 Å². The Morgan fingerprint density at radius 2 is 1.71 bits per heavy atom. The van der Waals surface area contributed by atoms with Crippen molar-refractivity contribution < 1.29 is 23.8 Å². The van der Waals surface area contributed by atoms with Gasteiger partial charge in [0.05, 0.1) is 32.6 Å². The molecule has 0 saturated heterocycles. The van der Waals surface area contributed by atoms with Crippen LogP contribution in [0.4, 0.5) is 10.5 Å². The fraction of sp³-hybridized carbons (Fsp3) is 0.333. The second kappa shape index (κ2) is 8.21. The van der Waals surface area contributed by atoms with Gasteiger partial charge in [-0.05, 0) is 42.7 Å². The predicted molar refractivity (Wildman–Crippen MR) is 105 cm³/mol. The Morgan fingerprint density at radius 3 is 2.36 bits per heavy atom. The van der Waals surface area contributed by atoms with Crippen LogP contribution in [-0.2, 0) is 10.2 Å². The highest BCUT2D eigenvalue weighted by atomic mass is 16.5. The van der Waals surface area contributed by atoms with E-state index in [1.54, 1.807) is 38.5 Å². The minimum atomic E-state index is -0.500. The summed E-state index contributed by atoms with van der Waals surface area (Å²) in [5.41, 5.74) is 1.70.